The van der Waals surface area contributed by atoms with E-state index >= 15 is 0 Å². The molecule has 118 valence electrons. The normalized spacial score (nSPS) is 19.4. The molecule has 2 aliphatic rings. The third-order valence-electron chi connectivity index (χ3n) is 4.52. The molecule has 1 aromatic heterocycles. The Morgan fingerprint density at radius 3 is 2.77 bits per heavy atom. The van der Waals surface area contributed by atoms with Crippen LogP contribution < -0.4 is 4.90 Å². The van der Waals surface area contributed by atoms with Crippen molar-refractivity contribution >= 4 is 17.5 Å². The van der Waals surface area contributed by atoms with Gasteiger partial charge in [0.25, 0.3) is 5.69 Å². The molecule has 2 fully saturated rings. The summed E-state index contributed by atoms with van der Waals surface area (Å²) in [7, 11) is 0. The van der Waals surface area contributed by atoms with Crippen LogP contribution in [0.3, 0.4) is 0 Å². The van der Waals surface area contributed by atoms with Gasteiger partial charge in [0.05, 0.1) is 11.5 Å². The number of aromatic nitrogens is 1. The summed E-state index contributed by atoms with van der Waals surface area (Å²) in [4.78, 5) is 27.9. The molecule has 0 aromatic carbocycles. The predicted molar refractivity (Wildman–Crippen MR) is 79.5 cm³/mol. The predicted octanol–water partition coefficient (Wildman–Crippen LogP) is 2.16. The fourth-order valence-electron chi connectivity index (χ4n) is 3.62. The molecule has 0 atom stereocenters. The zero-order valence-electron chi connectivity index (χ0n) is 12.5. The van der Waals surface area contributed by atoms with E-state index in [1.54, 1.807) is 6.07 Å². The second kappa shape index (κ2) is 5.55. The maximum atomic E-state index is 11.4. The summed E-state index contributed by atoms with van der Waals surface area (Å²) in [6.07, 6.45) is 3.92. The molecule has 3 rings (SSSR count). The van der Waals surface area contributed by atoms with Gasteiger partial charge in [0.15, 0.2) is 0 Å². The molecule has 0 N–H and O–H groups in total. The zero-order chi connectivity index (χ0) is 15.7. The summed E-state index contributed by atoms with van der Waals surface area (Å²) in [6.45, 7) is 4.09. The van der Waals surface area contributed by atoms with Crippen LogP contribution in [-0.4, -0.2) is 35.6 Å². The summed E-state index contributed by atoms with van der Waals surface area (Å²) >= 11 is 0. The fourth-order valence-corrected chi connectivity index (χ4v) is 3.62. The Morgan fingerprint density at radius 2 is 2.23 bits per heavy atom. The lowest BCUT2D eigenvalue weighted by Gasteiger charge is -2.59. The Morgan fingerprint density at radius 1 is 1.50 bits per heavy atom. The molecular formula is C15H19N3O4. The van der Waals surface area contributed by atoms with Crippen molar-refractivity contribution in [2.45, 2.75) is 26.2 Å². The van der Waals surface area contributed by atoms with Gasteiger partial charge in [0, 0.05) is 31.0 Å². The number of rotatable bonds is 5. The molecule has 1 aliphatic carbocycles. The highest BCUT2D eigenvalue weighted by atomic mass is 16.6. The quantitative estimate of drug-likeness (QED) is 0.471. The first-order valence-corrected chi connectivity index (χ1v) is 7.52. The van der Waals surface area contributed by atoms with E-state index in [2.05, 4.69) is 9.88 Å². The molecule has 0 amide bonds. The molecule has 0 unspecified atom stereocenters. The van der Waals surface area contributed by atoms with Gasteiger partial charge in [-0.3, -0.25) is 14.9 Å². The van der Waals surface area contributed by atoms with E-state index < -0.39 is 4.92 Å². The third-order valence-corrected chi connectivity index (χ3v) is 4.52. The second-order valence-electron chi connectivity index (χ2n) is 6.27. The first-order valence-electron chi connectivity index (χ1n) is 7.52. The van der Waals surface area contributed by atoms with Crippen molar-refractivity contribution in [2.75, 3.05) is 24.6 Å². The molecule has 1 spiro atoms. The summed E-state index contributed by atoms with van der Waals surface area (Å²) < 4.78 is 4.97. The van der Waals surface area contributed by atoms with Crippen LogP contribution in [0, 0.1) is 21.4 Å². The van der Waals surface area contributed by atoms with Gasteiger partial charge >= 0.3 is 5.97 Å². The molecule has 2 heterocycles. The Hall–Kier alpha value is -2.18. The molecule has 7 heteroatoms. The molecule has 0 radical (unpaired) electrons. The molecule has 0 bridgehead atoms. The summed E-state index contributed by atoms with van der Waals surface area (Å²) in [5.41, 5.74) is 0.317. The number of pyridine rings is 1. The van der Waals surface area contributed by atoms with Gasteiger partial charge in [0.2, 0.25) is 0 Å². The van der Waals surface area contributed by atoms with E-state index in [0.29, 0.717) is 24.4 Å². The van der Waals surface area contributed by atoms with Crippen molar-refractivity contribution in [3.63, 3.8) is 0 Å². The highest BCUT2D eigenvalue weighted by molar-refractivity contribution is 5.69. The van der Waals surface area contributed by atoms with Crippen molar-refractivity contribution in [3.05, 3.63) is 28.4 Å². The van der Waals surface area contributed by atoms with Crippen LogP contribution in [0.4, 0.5) is 11.5 Å². The first-order chi connectivity index (χ1) is 10.5. The van der Waals surface area contributed by atoms with E-state index in [1.807, 2.05) is 6.92 Å². The van der Waals surface area contributed by atoms with Crippen molar-refractivity contribution in [1.82, 2.24) is 4.98 Å². The van der Waals surface area contributed by atoms with Gasteiger partial charge in [-0.2, -0.15) is 0 Å². The first kappa shape index (κ1) is 14.7. The van der Waals surface area contributed by atoms with Crippen molar-refractivity contribution in [1.29, 1.82) is 0 Å². The summed E-state index contributed by atoms with van der Waals surface area (Å²) in [5, 5.41) is 10.6. The van der Waals surface area contributed by atoms with Crippen LogP contribution in [-0.2, 0) is 9.53 Å². The van der Waals surface area contributed by atoms with Crippen LogP contribution in [0.2, 0.25) is 0 Å². The number of nitrogens with zero attached hydrogens (tertiary/aromatic N) is 3. The lowest BCUT2D eigenvalue weighted by molar-refractivity contribution is -0.385. The molecule has 22 heavy (non-hydrogen) atoms. The number of carbonyl (C=O) groups is 1. The SMILES string of the molecule is CCOC(=O)CC1CC2(C1)CN(c1ccc([N+](=O)[O-])cn1)C2. The maximum Gasteiger partial charge on any atom is 0.306 e. The minimum absolute atomic E-state index is 0.0112. The molecule has 1 aliphatic heterocycles. The minimum atomic E-state index is -0.444. The zero-order valence-corrected chi connectivity index (χ0v) is 12.5. The number of hydrogen-bond donors (Lipinski definition) is 0. The highest BCUT2D eigenvalue weighted by Crippen LogP contribution is 2.53. The average molecular weight is 305 g/mol. The Kier molecular flexibility index (Phi) is 3.72. The summed E-state index contributed by atoms with van der Waals surface area (Å²) in [6, 6.07) is 3.18. The van der Waals surface area contributed by atoms with Crippen LogP contribution in [0.1, 0.15) is 26.2 Å². The van der Waals surface area contributed by atoms with Gasteiger partial charge in [-0.1, -0.05) is 0 Å². The maximum absolute atomic E-state index is 11.4. The van der Waals surface area contributed by atoms with Gasteiger partial charge in [-0.25, -0.2) is 4.98 Å². The van der Waals surface area contributed by atoms with E-state index in [1.165, 1.54) is 12.3 Å². The van der Waals surface area contributed by atoms with Crippen LogP contribution >= 0.6 is 0 Å². The Bertz CT molecular complexity index is 573. The number of hydrogen-bond acceptors (Lipinski definition) is 6. The molecule has 1 saturated heterocycles. The smallest absolute Gasteiger partial charge is 0.306 e. The number of esters is 1. The van der Waals surface area contributed by atoms with Crippen molar-refractivity contribution < 1.29 is 14.5 Å². The average Bonchev–Trinajstić information content (AvgIpc) is 2.40. The highest BCUT2D eigenvalue weighted by Gasteiger charge is 2.52. The monoisotopic (exact) mass is 305 g/mol. The molecular weight excluding hydrogens is 286 g/mol. The number of ether oxygens (including phenoxy) is 1. The van der Waals surface area contributed by atoms with E-state index in [0.717, 1.165) is 31.7 Å². The van der Waals surface area contributed by atoms with Gasteiger partial charge in [-0.15, -0.1) is 0 Å². The Balaban J connectivity index is 1.47. The number of carbonyl (C=O) groups excluding carboxylic acids is 1. The lowest BCUT2D eigenvalue weighted by Crippen LogP contribution is -2.62. The lowest BCUT2D eigenvalue weighted by atomic mass is 9.57. The number of anilines is 1. The van der Waals surface area contributed by atoms with E-state index in [9.17, 15) is 14.9 Å². The van der Waals surface area contributed by atoms with Crippen molar-refractivity contribution in [2.24, 2.45) is 11.3 Å². The van der Waals surface area contributed by atoms with Gasteiger partial charge in [-0.05, 0) is 31.7 Å². The largest absolute Gasteiger partial charge is 0.466 e. The topological polar surface area (TPSA) is 85.6 Å². The van der Waals surface area contributed by atoms with Crippen LogP contribution in [0.25, 0.3) is 0 Å². The van der Waals surface area contributed by atoms with Gasteiger partial charge in [0.1, 0.15) is 12.0 Å². The van der Waals surface area contributed by atoms with Crippen LogP contribution in [0.15, 0.2) is 18.3 Å². The minimum Gasteiger partial charge on any atom is -0.466 e. The molecule has 1 saturated carbocycles. The number of nitro groups is 1. The third kappa shape index (κ3) is 2.75. The molecule has 1 aromatic rings. The summed E-state index contributed by atoms with van der Waals surface area (Å²) in [5.74, 6) is 1.12. The standard InChI is InChI=1S/C15H19N3O4/c1-2-22-14(19)5-11-6-15(7-11)9-17(10-15)13-4-3-12(8-16-13)18(20)21/h3-4,8,11H,2,5-7,9-10H2,1H3. The Labute approximate surface area is 128 Å². The van der Waals surface area contributed by atoms with Crippen molar-refractivity contribution in [3.8, 4) is 0 Å². The second-order valence-corrected chi connectivity index (χ2v) is 6.27. The molecule has 7 nitrogen and oxygen atoms in total. The van der Waals surface area contributed by atoms with Crippen LogP contribution in [0.5, 0.6) is 0 Å². The fraction of sp³-hybridized carbons (Fsp3) is 0.600. The van der Waals surface area contributed by atoms with E-state index in [4.69, 9.17) is 4.74 Å². The van der Waals surface area contributed by atoms with E-state index in [-0.39, 0.29) is 11.7 Å². The van der Waals surface area contributed by atoms with Gasteiger partial charge < -0.3 is 9.64 Å².